The molecule has 0 unspecified atom stereocenters. The second-order valence-corrected chi connectivity index (χ2v) is 6.20. The molecule has 1 saturated heterocycles. The lowest BCUT2D eigenvalue weighted by molar-refractivity contribution is 0.336. The van der Waals surface area contributed by atoms with Gasteiger partial charge in [-0.15, -0.1) is 0 Å². The summed E-state index contributed by atoms with van der Waals surface area (Å²) in [6.45, 7) is 5.97. The molecule has 1 fully saturated rings. The number of rotatable bonds is 4. The van der Waals surface area contributed by atoms with Gasteiger partial charge in [-0.2, -0.15) is 0 Å². The van der Waals surface area contributed by atoms with E-state index in [1.54, 1.807) is 6.07 Å². The molecule has 0 amide bonds. The topological polar surface area (TPSA) is 27.7 Å². The predicted molar refractivity (Wildman–Crippen MR) is 104 cm³/mol. The molecule has 4 nitrogen and oxygen atoms in total. The Morgan fingerprint density at radius 2 is 1.88 bits per heavy atom. The van der Waals surface area contributed by atoms with Gasteiger partial charge in [-0.25, -0.2) is 4.39 Å². The first-order valence-corrected chi connectivity index (χ1v) is 8.86. The Morgan fingerprint density at radius 3 is 2.60 bits per heavy atom. The van der Waals surface area contributed by atoms with Gasteiger partial charge in [0.05, 0.1) is 12.3 Å². The fourth-order valence-corrected chi connectivity index (χ4v) is 3.22. The van der Waals surface area contributed by atoms with Crippen molar-refractivity contribution in [3.63, 3.8) is 0 Å². The van der Waals surface area contributed by atoms with E-state index in [0.717, 1.165) is 37.6 Å². The first kappa shape index (κ1) is 17.5. The second kappa shape index (κ2) is 8.16. The maximum atomic E-state index is 13.3. The zero-order valence-electron chi connectivity index (χ0n) is 14.2. The van der Waals surface area contributed by atoms with E-state index in [4.69, 9.17) is 17.0 Å². The maximum Gasteiger partial charge on any atom is 0.173 e. The van der Waals surface area contributed by atoms with Crippen molar-refractivity contribution in [1.82, 2.24) is 4.90 Å². The molecule has 2 aromatic carbocycles. The van der Waals surface area contributed by atoms with Crippen LogP contribution >= 0.6 is 12.2 Å². The summed E-state index contributed by atoms with van der Waals surface area (Å²) in [5.74, 6) is 0.643. The molecule has 0 spiro atoms. The molecule has 2 aromatic rings. The van der Waals surface area contributed by atoms with Crippen molar-refractivity contribution in [3.8, 4) is 5.75 Å². The number of anilines is 2. The number of nitrogens with zero attached hydrogens (tertiary/aromatic N) is 2. The van der Waals surface area contributed by atoms with Crippen molar-refractivity contribution in [3.05, 3.63) is 54.3 Å². The number of hydrogen-bond donors (Lipinski definition) is 1. The SMILES string of the molecule is CCOc1ccccc1N1CCN(C(=S)Nc2cccc(F)c2)CC1. The van der Waals surface area contributed by atoms with E-state index in [9.17, 15) is 4.39 Å². The summed E-state index contributed by atoms with van der Waals surface area (Å²) >= 11 is 5.47. The fourth-order valence-electron chi connectivity index (χ4n) is 2.92. The van der Waals surface area contributed by atoms with E-state index in [0.29, 0.717) is 17.4 Å². The first-order chi connectivity index (χ1) is 12.2. The van der Waals surface area contributed by atoms with Crippen LogP contribution < -0.4 is 15.0 Å². The van der Waals surface area contributed by atoms with Gasteiger partial charge in [-0.05, 0) is 49.5 Å². The Morgan fingerprint density at radius 1 is 1.12 bits per heavy atom. The Hall–Kier alpha value is -2.34. The molecular formula is C19H22FN3OS. The van der Waals surface area contributed by atoms with Gasteiger partial charge in [0.2, 0.25) is 0 Å². The van der Waals surface area contributed by atoms with Gasteiger partial charge in [-0.3, -0.25) is 0 Å². The van der Waals surface area contributed by atoms with Crippen molar-refractivity contribution in [2.24, 2.45) is 0 Å². The van der Waals surface area contributed by atoms with Crippen molar-refractivity contribution in [1.29, 1.82) is 0 Å². The third-order valence-electron chi connectivity index (χ3n) is 4.15. The lowest BCUT2D eigenvalue weighted by Gasteiger charge is -2.38. The van der Waals surface area contributed by atoms with Crippen LogP contribution in [0.4, 0.5) is 15.8 Å². The first-order valence-electron chi connectivity index (χ1n) is 8.45. The molecule has 132 valence electrons. The molecule has 6 heteroatoms. The van der Waals surface area contributed by atoms with Gasteiger partial charge in [-0.1, -0.05) is 18.2 Å². The highest BCUT2D eigenvalue weighted by atomic mass is 32.1. The van der Waals surface area contributed by atoms with Gasteiger partial charge in [0.15, 0.2) is 5.11 Å². The molecule has 25 heavy (non-hydrogen) atoms. The van der Waals surface area contributed by atoms with Gasteiger partial charge in [0.1, 0.15) is 11.6 Å². The lowest BCUT2D eigenvalue weighted by Crippen LogP contribution is -2.50. The van der Waals surface area contributed by atoms with Crippen LogP contribution in [-0.4, -0.2) is 42.8 Å². The molecule has 1 N–H and O–H groups in total. The van der Waals surface area contributed by atoms with E-state index in [-0.39, 0.29) is 5.82 Å². The third-order valence-corrected chi connectivity index (χ3v) is 4.51. The molecule has 3 rings (SSSR count). The molecule has 0 radical (unpaired) electrons. The fraction of sp³-hybridized carbons (Fsp3) is 0.316. The number of para-hydroxylation sites is 2. The smallest absolute Gasteiger partial charge is 0.173 e. The van der Waals surface area contributed by atoms with E-state index in [1.807, 2.05) is 31.2 Å². The van der Waals surface area contributed by atoms with Crippen LogP contribution in [0.5, 0.6) is 5.75 Å². The van der Waals surface area contributed by atoms with Crippen LogP contribution in [0.15, 0.2) is 48.5 Å². The van der Waals surface area contributed by atoms with Crippen molar-refractivity contribution in [2.75, 3.05) is 43.0 Å². The molecule has 1 aliphatic heterocycles. The zero-order valence-corrected chi connectivity index (χ0v) is 15.1. The van der Waals surface area contributed by atoms with Crippen LogP contribution in [-0.2, 0) is 0 Å². The van der Waals surface area contributed by atoms with E-state index >= 15 is 0 Å². The normalized spacial score (nSPS) is 14.3. The summed E-state index contributed by atoms with van der Waals surface area (Å²) in [5, 5.41) is 3.74. The minimum Gasteiger partial charge on any atom is -0.492 e. The molecule has 1 heterocycles. The van der Waals surface area contributed by atoms with E-state index in [2.05, 4.69) is 21.2 Å². The molecular weight excluding hydrogens is 337 g/mol. The lowest BCUT2D eigenvalue weighted by atomic mass is 10.2. The summed E-state index contributed by atoms with van der Waals surface area (Å²) in [6.07, 6.45) is 0. The van der Waals surface area contributed by atoms with Crippen LogP contribution in [0.1, 0.15) is 6.92 Å². The van der Waals surface area contributed by atoms with Gasteiger partial charge < -0.3 is 19.9 Å². The second-order valence-electron chi connectivity index (χ2n) is 5.82. The van der Waals surface area contributed by atoms with Crippen LogP contribution in [0.3, 0.4) is 0 Å². The highest BCUT2D eigenvalue weighted by molar-refractivity contribution is 7.80. The summed E-state index contributed by atoms with van der Waals surface area (Å²) in [7, 11) is 0. The largest absolute Gasteiger partial charge is 0.492 e. The highest BCUT2D eigenvalue weighted by Crippen LogP contribution is 2.28. The Labute approximate surface area is 153 Å². The number of ether oxygens (including phenoxy) is 1. The third kappa shape index (κ3) is 4.39. The Bertz CT molecular complexity index is 732. The van der Waals surface area contributed by atoms with E-state index < -0.39 is 0 Å². The predicted octanol–water partition coefficient (Wildman–Crippen LogP) is 3.74. The summed E-state index contributed by atoms with van der Waals surface area (Å²) in [5.41, 5.74) is 1.79. The number of benzene rings is 2. The molecule has 0 saturated carbocycles. The number of hydrogen-bond acceptors (Lipinski definition) is 3. The van der Waals surface area contributed by atoms with Gasteiger partial charge in [0, 0.05) is 31.9 Å². The van der Waals surface area contributed by atoms with Crippen LogP contribution in [0.25, 0.3) is 0 Å². The standard InChI is InChI=1S/C19H22FN3OS/c1-2-24-18-9-4-3-8-17(18)22-10-12-23(13-11-22)19(25)21-16-7-5-6-15(20)14-16/h3-9,14H,2,10-13H2,1H3,(H,21,25). The molecule has 0 aromatic heterocycles. The minimum absolute atomic E-state index is 0.273. The van der Waals surface area contributed by atoms with Crippen LogP contribution in [0, 0.1) is 5.82 Å². The van der Waals surface area contributed by atoms with Crippen LogP contribution in [0.2, 0.25) is 0 Å². The zero-order chi connectivity index (χ0) is 17.6. The number of thiocarbonyl (C=S) groups is 1. The molecule has 0 bridgehead atoms. The highest BCUT2D eigenvalue weighted by Gasteiger charge is 2.21. The number of halogens is 1. The quantitative estimate of drug-likeness (QED) is 0.840. The molecule has 1 aliphatic rings. The Balaban J connectivity index is 1.59. The van der Waals surface area contributed by atoms with Crippen molar-refractivity contribution >= 4 is 28.7 Å². The minimum atomic E-state index is -0.273. The summed E-state index contributed by atoms with van der Waals surface area (Å²) in [6, 6.07) is 14.4. The average molecular weight is 359 g/mol. The monoisotopic (exact) mass is 359 g/mol. The summed E-state index contributed by atoms with van der Waals surface area (Å²) < 4.78 is 19.0. The average Bonchev–Trinajstić information content (AvgIpc) is 2.63. The van der Waals surface area contributed by atoms with Crippen molar-refractivity contribution in [2.45, 2.75) is 6.92 Å². The maximum absolute atomic E-state index is 13.3. The summed E-state index contributed by atoms with van der Waals surface area (Å²) in [4.78, 5) is 4.42. The number of nitrogens with one attached hydrogen (secondary N) is 1. The molecule has 0 aliphatic carbocycles. The molecule has 0 atom stereocenters. The number of piperazine rings is 1. The van der Waals surface area contributed by atoms with Crippen molar-refractivity contribution < 1.29 is 9.13 Å². The Kier molecular flexibility index (Phi) is 5.71. The van der Waals surface area contributed by atoms with Gasteiger partial charge in [0.25, 0.3) is 0 Å². The van der Waals surface area contributed by atoms with Gasteiger partial charge >= 0.3 is 0 Å². The van der Waals surface area contributed by atoms with E-state index in [1.165, 1.54) is 12.1 Å².